The standard InChI is InChI=1S/3C21H30O2.2C21H32O2.C19H26O2/c2*1-5-6-7-8-15-12-18(22)20-16-11-14(2)9-10-17(16)21(3,4)23-19(20)13-15;1-5-6-7-10-17-14-19(22)18-11-13-21(4,23-20(18)15-17)12-8-9-16(2)3;2*1-5-6-7-11-18-14-20(22)19(21(23)15-18)13-12-17(4)10-8-9-16(2)3;1-5-6-13-10-16(20)18-14-9-12(2)7-8-15(14)19(3,4)21-17(18)11-13/h2*11-13,16-17,22H,5-10H2,1-4H3;9,11,13-15,22H,5-8,10,12H2,1-4H3;2*9,12,14-15,22-23H,5-8,10-11,13H2,1-4H3;9-11,14-15,20H,5-8H2,1-4H3/b;;;2*17-12+;/t2*16-,17+;;;;14-,15-/m11...1/s1. The summed E-state index contributed by atoms with van der Waals surface area (Å²) in [6.45, 7) is 51.9. The van der Waals surface area contributed by atoms with E-state index < -0.39 is 0 Å². The van der Waals surface area contributed by atoms with Crippen LogP contribution in [0.3, 0.4) is 0 Å². The van der Waals surface area contributed by atoms with Crippen LogP contribution in [-0.4, -0.2) is 63.3 Å². The van der Waals surface area contributed by atoms with E-state index in [4.69, 9.17) is 18.9 Å². The Morgan fingerprint density at radius 1 is 0.324 bits per heavy atom. The lowest BCUT2D eigenvalue weighted by molar-refractivity contribution is 0.0104. The lowest BCUT2D eigenvalue weighted by Gasteiger charge is -2.46. The third-order valence-electron chi connectivity index (χ3n) is 28.8. The van der Waals surface area contributed by atoms with Crippen LogP contribution < -0.4 is 18.9 Å². The molecule has 3 aliphatic carbocycles. The molecule has 136 heavy (non-hydrogen) atoms. The van der Waals surface area contributed by atoms with E-state index in [1.165, 1.54) is 138 Å². The normalized spacial score (nSPS) is 19.7. The first-order valence-electron chi connectivity index (χ1n) is 52.8. The molecule has 748 valence electrons. The summed E-state index contributed by atoms with van der Waals surface area (Å²) in [4.78, 5) is 0. The molecule has 6 aromatic carbocycles. The van der Waals surface area contributed by atoms with E-state index in [-0.39, 0.29) is 63.2 Å². The molecule has 12 heteroatoms. The number of aromatic hydroxyl groups is 8. The number of rotatable bonds is 35. The number of aryl methyl sites for hydroxylation is 6. The van der Waals surface area contributed by atoms with Crippen molar-refractivity contribution < 1.29 is 59.8 Å². The van der Waals surface area contributed by atoms with Crippen molar-refractivity contribution >= 4 is 6.08 Å². The van der Waals surface area contributed by atoms with Gasteiger partial charge in [-0.15, -0.1) is 0 Å². The first kappa shape index (κ1) is 112. The molecular weight excluding hydrogens is 1680 g/mol. The second-order valence-corrected chi connectivity index (χ2v) is 43.3. The van der Waals surface area contributed by atoms with Crippen molar-refractivity contribution in [2.45, 2.75) is 437 Å². The zero-order valence-electron chi connectivity index (χ0n) is 88.8. The highest BCUT2D eigenvalue weighted by atomic mass is 16.5. The Balaban J connectivity index is 0.000000201. The van der Waals surface area contributed by atoms with E-state index in [0.717, 1.165) is 203 Å². The summed E-state index contributed by atoms with van der Waals surface area (Å²) in [6, 6.07) is 23.5. The summed E-state index contributed by atoms with van der Waals surface area (Å²) in [5, 5.41) is 82.9. The van der Waals surface area contributed by atoms with Gasteiger partial charge >= 0.3 is 0 Å². The third-order valence-corrected chi connectivity index (χ3v) is 28.8. The van der Waals surface area contributed by atoms with Gasteiger partial charge in [0.2, 0.25) is 0 Å². The van der Waals surface area contributed by atoms with Gasteiger partial charge in [0.05, 0.1) is 5.56 Å². The predicted molar refractivity (Wildman–Crippen MR) is 573 cm³/mol. The highest BCUT2D eigenvalue weighted by Gasteiger charge is 2.48. The lowest BCUT2D eigenvalue weighted by atomic mass is 9.68. The summed E-state index contributed by atoms with van der Waals surface area (Å²) in [5.41, 5.74) is 21.9. The van der Waals surface area contributed by atoms with Gasteiger partial charge in [-0.2, -0.15) is 0 Å². The molecule has 0 radical (unpaired) electrons. The molecule has 7 atom stereocenters. The fourth-order valence-corrected chi connectivity index (χ4v) is 20.8. The van der Waals surface area contributed by atoms with Crippen molar-refractivity contribution in [3.63, 3.8) is 0 Å². The van der Waals surface area contributed by atoms with Crippen LogP contribution in [0.25, 0.3) is 6.08 Å². The Kier molecular flexibility index (Phi) is 44.1. The maximum atomic E-state index is 10.7. The average molecular weight is 1860 g/mol. The third kappa shape index (κ3) is 33.4. The van der Waals surface area contributed by atoms with Gasteiger partial charge in [0.15, 0.2) is 0 Å². The SMILES string of the molecule is CCCCCc1cc(O)c(C/C=C(\C)CCC=C(C)C)c(O)c1.CCCCCc1cc(O)c(C/C=C(\C)CCC=C(C)C)c(O)c1.CCCCCc1cc(O)c2c(c1)OC(C)(C)[C@H]1CCC(C)=C[C@@H]21.CCCCCc1cc(O)c2c(c1)OC(C)(C)[C@H]1CCC(C)=C[C@@H]21.CCCCCc1cc(O)c2c(c1)OC(C)(CCC=C(C)C)C=C2.CCCc1cc(O)c2c(c1)OC(C)(C)[C@@H]1CCC(C)=C[C@@H]21. The first-order chi connectivity index (χ1) is 64.6. The van der Waals surface area contributed by atoms with Crippen molar-refractivity contribution in [3.05, 3.63) is 239 Å². The Labute approximate surface area is 823 Å². The van der Waals surface area contributed by atoms with Gasteiger partial charge in [0.25, 0.3) is 0 Å². The summed E-state index contributed by atoms with van der Waals surface area (Å²) in [5.74, 6) is 8.11. The molecule has 1 unspecified atom stereocenters. The molecule has 4 aliphatic heterocycles. The number of allylic oxidation sites excluding steroid dienone is 16. The first-order valence-corrected chi connectivity index (χ1v) is 52.8. The quantitative estimate of drug-likeness (QED) is 0.0139. The van der Waals surface area contributed by atoms with Crippen LogP contribution in [0.4, 0.5) is 0 Å². The van der Waals surface area contributed by atoms with Crippen molar-refractivity contribution in [1.29, 1.82) is 0 Å². The summed E-state index contributed by atoms with van der Waals surface area (Å²) in [6.07, 6.45) is 60.7. The average Bonchev–Trinajstić information content (AvgIpc) is 0.736. The molecule has 8 N–H and O–H groups in total. The van der Waals surface area contributed by atoms with Crippen molar-refractivity contribution in [1.82, 2.24) is 0 Å². The molecule has 7 aliphatic rings. The minimum atomic E-state index is -0.298. The van der Waals surface area contributed by atoms with Gasteiger partial charge in [-0.3, -0.25) is 0 Å². The van der Waals surface area contributed by atoms with Crippen LogP contribution >= 0.6 is 0 Å². The minimum absolute atomic E-state index is 0.174. The highest BCUT2D eigenvalue weighted by Crippen LogP contribution is 2.57. The van der Waals surface area contributed by atoms with Gasteiger partial charge in [-0.05, 0) is 403 Å². The Hall–Kier alpha value is -9.42. The van der Waals surface area contributed by atoms with Gasteiger partial charge in [0.1, 0.15) is 91.4 Å². The van der Waals surface area contributed by atoms with E-state index in [1.807, 2.05) is 30.3 Å². The van der Waals surface area contributed by atoms with Gasteiger partial charge < -0.3 is 59.8 Å². The zero-order chi connectivity index (χ0) is 99.8. The Bertz CT molecular complexity index is 4880. The van der Waals surface area contributed by atoms with Crippen LogP contribution in [-0.2, 0) is 51.4 Å². The molecule has 0 saturated carbocycles. The Morgan fingerprint density at radius 3 is 0.904 bits per heavy atom. The van der Waals surface area contributed by atoms with Crippen molar-refractivity contribution in [3.8, 4) is 69.0 Å². The van der Waals surface area contributed by atoms with Gasteiger partial charge in [0, 0.05) is 63.3 Å². The van der Waals surface area contributed by atoms with E-state index in [0.29, 0.717) is 64.7 Å². The number of hydrogen-bond donors (Lipinski definition) is 8. The van der Waals surface area contributed by atoms with E-state index in [2.05, 4.69) is 245 Å². The largest absolute Gasteiger partial charge is 0.508 e. The fourth-order valence-electron chi connectivity index (χ4n) is 20.8. The second kappa shape index (κ2) is 53.7. The molecule has 6 aromatic rings. The molecule has 0 spiro atoms. The zero-order valence-corrected chi connectivity index (χ0v) is 88.8. The van der Waals surface area contributed by atoms with Crippen LogP contribution in [0.1, 0.15) is 430 Å². The number of ether oxygens (including phenoxy) is 4. The van der Waals surface area contributed by atoms with Crippen molar-refractivity contribution in [2.75, 3.05) is 0 Å². The van der Waals surface area contributed by atoms with E-state index in [1.54, 1.807) is 24.3 Å². The van der Waals surface area contributed by atoms with Gasteiger partial charge in [-0.1, -0.05) is 205 Å². The minimum Gasteiger partial charge on any atom is -0.508 e. The number of phenols is 8. The van der Waals surface area contributed by atoms with Crippen LogP contribution in [0.15, 0.2) is 172 Å². The molecule has 0 aromatic heterocycles. The molecular formula is C124H180O12. The highest BCUT2D eigenvalue weighted by molar-refractivity contribution is 5.68. The van der Waals surface area contributed by atoms with E-state index >= 15 is 0 Å². The molecule has 12 nitrogen and oxygen atoms in total. The molecule has 0 saturated heterocycles. The molecule has 0 bridgehead atoms. The van der Waals surface area contributed by atoms with Crippen LogP contribution in [0.2, 0.25) is 0 Å². The monoisotopic (exact) mass is 1860 g/mol. The Morgan fingerprint density at radius 2 is 0.603 bits per heavy atom. The molecule has 13 rings (SSSR count). The topological polar surface area (TPSA) is 199 Å². The maximum Gasteiger partial charge on any atom is 0.131 e. The molecule has 0 amide bonds. The molecule has 0 fully saturated rings. The van der Waals surface area contributed by atoms with Gasteiger partial charge in [-0.25, -0.2) is 0 Å². The number of fused-ring (bicyclic) bond motifs is 10. The number of hydrogen-bond acceptors (Lipinski definition) is 12. The number of phenolic OH excluding ortho intramolecular Hbond substituents is 8. The van der Waals surface area contributed by atoms with Crippen molar-refractivity contribution in [2.24, 2.45) is 17.8 Å². The summed E-state index contributed by atoms with van der Waals surface area (Å²) >= 11 is 0. The molecule has 4 heterocycles. The number of benzene rings is 6. The number of unbranched alkanes of at least 4 members (excludes halogenated alkanes) is 10. The fraction of sp³-hybridized carbons (Fsp3) is 0.565. The maximum absolute atomic E-state index is 10.7. The lowest BCUT2D eigenvalue weighted by Crippen LogP contribution is -2.45. The van der Waals surface area contributed by atoms with E-state index in [9.17, 15) is 40.9 Å². The summed E-state index contributed by atoms with van der Waals surface area (Å²) < 4.78 is 25.3. The van der Waals surface area contributed by atoms with Crippen LogP contribution in [0, 0.1) is 17.8 Å². The predicted octanol–water partition coefficient (Wildman–Crippen LogP) is 34.6. The second-order valence-electron chi connectivity index (χ2n) is 43.3. The van der Waals surface area contributed by atoms with Crippen LogP contribution in [0.5, 0.6) is 69.0 Å². The summed E-state index contributed by atoms with van der Waals surface area (Å²) in [7, 11) is 0. The smallest absolute Gasteiger partial charge is 0.131 e.